The fraction of sp³-hybridized carbons (Fsp3) is 0.429. The molecule has 5 nitrogen and oxygen atoms in total. The lowest BCUT2D eigenvalue weighted by molar-refractivity contribution is 0.390. The maximum Gasteiger partial charge on any atom is 0.247 e. The van der Waals surface area contributed by atoms with Crippen LogP contribution in [0.1, 0.15) is 12.3 Å². The summed E-state index contributed by atoms with van der Waals surface area (Å²) in [6.07, 6.45) is 1.09. The average Bonchev–Trinajstić information content (AvgIpc) is 2.87. The van der Waals surface area contributed by atoms with Crippen molar-refractivity contribution in [3.05, 3.63) is 35.2 Å². The van der Waals surface area contributed by atoms with E-state index in [0.717, 1.165) is 25.1 Å². The molecule has 2 aromatic rings. The Morgan fingerprint density at radius 2 is 1.95 bits per heavy atom. The van der Waals surface area contributed by atoms with E-state index in [0.29, 0.717) is 23.3 Å². The van der Waals surface area contributed by atoms with Crippen LogP contribution in [0.3, 0.4) is 0 Å². The summed E-state index contributed by atoms with van der Waals surface area (Å²) in [6.45, 7) is 2.58. The fourth-order valence-electron chi connectivity index (χ4n) is 1.75. The summed E-state index contributed by atoms with van der Waals surface area (Å²) in [5, 5.41) is 12.0. The third kappa shape index (κ3) is 4.59. The Balaban J connectivity index is 1.82. The van der Waals surface area contributed by atoms with E-state index in [1.54, 1.807) is 12.1 Å². The molecule has 0 aliphatic rings. The number of rotatable bonds is 7. The molecule has 1 aromatic carbocycles. The molecule has 0 spiro atoms. The first-order chi connectivity index (χ1) is 9.65. The highest BCUT2D eigenvalue weighted by molar-refractivity contribution is 6.30. The van der Waals surface area contributed by atoms with Crippen molar-refractivity contribution in [3.63, 3.8) is 0 Å². The van der Waals surface area contributed by atoms with E-state index in [9.17, 15) is 0 Å². The molecule has 0 radical (unpaired) electrons. The Morgan fingerprint density at radius 3 is 2.65 bits per heavy atom. The van der Waals surface area contributed by atoms with E-state index in [1.807, 2.05) is 12.1 Å². The van der Waals surface area contributed by atoms with Crippen LogP contribution in [0, 0.1) is 0 Å². The molecule has 1 heterocycles. The van der Waals surface area contributed by atoms with Crippen molar-refractivity contribution in [1.29, 1.82) is 0 Å². The first-order valence-electron chi connectivity index (χ1n) is 6.59. The van der Waals surface area contributed by atoms with Crippen LogP contribution in [0.15, 0.2) is 28.7 Å². The molecule has 6 heteroatoms. The Labute approximate surface area is 123 Å². The maximum atomic E-state index is 5.84. The van der Waals surface area contributed by atoms with Gasteiger partial charge in [0.25, 0.3) is 0 Å². The van der Waals surface area contributed by atoms with Gasteiger partial charge in [-0.15, -0.1) is 10.2 Å². The minimum atomic E-state index is 0.520. The number of hydrogen-bond donors (Lipinski definition) is 1. The molecule has 108 valence electrons. The number of nitrogens with one attached hydrogen (secondary N) is 1. The lowest BCUT2D eigenvalue weighted by Crippen LogP contribution is -2.21. The summed E-state index contributed by atoms with van der Waals surface area (Å²) in [5.74, 6) is 1.12. The van der Waals surface area contributed by atoms with Crippen LogP contribution in [0.4, 0.5) is 0 Å². The van der Waals surface area contributed by atoms with E-state index in [4.69, 9.17) is 16.0 Å². The predicted octanol–water partition coefficient (Wildman–Crippen LogP) is 2.43. The second kappa shape index (κ2) is 7.38. The molecule has 0 atom stereocenters. The van der Waals surface area contributed by atoms with Gasteiger partial charge in [-0.25, -0.2) is 0 Å². The van der Waals surface area contributed by atoms with Crippen LogP contribution in [0.25, 0.3) is 11.5 Å². The quantitative estimate of drug-likeness (QED) is 0.795. The molecule has 0 aliphatic carbocycles. The monoisotopic (exact) mass is 294 g/mol. The van der Waals surface area contributed by atoms with Gasteiger partial charge >= 0.3 is 0 Å². The van der Waals surface area contributed by atoms with Gasteiger partial charge in [-0.2, -0.15) is 0 Å². The fourth-order valence-corrected chi connectivity index (χ4v) is 1.88. The molecular weight excluding hydrogens is 276 g/mol. The normalized spacial score (nSPS) is 11.2. The van der Waals surface area contributed by atoms with Gasteiger partial charge in [0, 0.05) is 10.6 Å². The highest BCUT2D eigenvalue weighted by Crippen LogP contribution is 2.19. The molecule has 20 heavy (non-hydrogen) atoms. The maximum absolute atomic E-state index is 5.84. The number of nitrogens with zero attached hydrogens (tertiary/aromatic N) is 3. The van der Waals surface area contributed by atoms with E-state index in [2.05, 4.69) is 34.5 Å². The molecule has 1 aromatic heterocycles. The van der Waals surface area contributed by atoms with Crippen molar-refractivity contribution in [2.24, 2.45) is 0 Å². The molecule has 0 amide bonds. The molecule has 1 N–H and O–H groups in total. The second-order valence-electron chi connectivity index (χ2n) is 4.84. The summed E-state index contributed by atoms with van der Waals surface area (Å²) in [5.41, 5.74) is 0.876. The number of halogens is 1. The molecule has 0 fully saturated rings. The van der Waals surface area contributed by atoms with E-state index < -0.39 is 0 Å². The second-order valence-corrected chi connectivity index (χ2v) is 5.28. The van der Waals surface area contributed by atoms with Gasteiger partial charge in [0.1, 0.15) is 0 Å². The van der Waals surface area contributed by atoms with Crippen molar-refractivity contribution >= 4 is 11.6 Å². The van der Waals surface area contributed by atoms with Crippen molar-refractivity contribution < 1.29 is 4.42 Å². The zero-order chi connectivity index (χ0) is 14.4. The van der Waals surface area contributed by atoms with Crippen LogP contribution in [0.5, 0.6) is 0 Å². The number of benzene rings is 1. The van der Waals surface area contributed by atoms with Crippen LogP contribution in [-0.2, 0) is 6.54 Å². The zero-order valence-electron chi connectivity index (χ0n) is 11.8. The van der Waals surface area contributed by atoms with Crippen molar-refractivity contribution in [2.75, 3.05) is 27.2 Å². The van der Waals surface area contributed by atoms with Crippen molar-refractivity contribution in [2.45, 2.75) is 13.0 Å². The Hall–Kier alpha value is -1.43. The van der Waals surface area contributed by atoms with Gasteiger partial charge < -0.3 is 14.6 Å². The lowest BCUT2D eigenvalue weighted by Gasteiger charge is -2.08. The largest absolute Gasteiger partial charge is 0.419 e. The Kier molecular flexibility index (Phi) is 5.52. The number of aromatic nitrogens is 2. The third-order valence-corrected chi connectivity index (χ3v) is 3.05. The van der Waals surface area contributed by atoms with Gasteiger partial charge in [0.05, 0.1) is 6.54 Å². The minimum absolute atomic E-state index is 0.520. The van der Waals surface area contributed by atoms with Crippen molar-refractivity contribution in [1.82, 2.24) is 20.4 Å². The molecule has 0 unspecified atom stereocenters. The first-order valence-corrected chi connectivity index (χ1v) is 6.97. The molecule has 0 bridgehead atoms. The average molecular weight is 295 g/mol. The molecule has 0 aliphatic heterocycles. The lowest BCUT2D eigenvalue weighted by atomic mass is 10.2. The first kappa shape index (κ1) is 15.0. The summed E-state index contributed by atoms with van der Waals surface area (Å²) < 4.78 is 5.60. The van der Waals surface area contributed by atoms with Gasteiger partial charge in [-0.1, -0.05) is 11.6 Å². The minimum Gasteiger partial charge on any atom is -0.419 e. The van der Waals surface area contributed by atoms with Crippen LogP contribution < -0.4 is 5.32 Å². The third-order valence-electron chi connectivity index (χ3n) is 2.79. The van der Waals surface area contributed by atoms with E-state index in [-0.39, 0.29) is 0 Å². The Bertz CT molecular complexity index is 524. The SMILES string of the molecule is CN(C)CCCNCc1nnc(-c2ccc(Cl)cc2)o1. The standard InChI is InChI=1S/C14H19ClN4O/c1-19(2)9-3-8-16-10-13-17-18-14(20-13)11-4-6-12(15)7-5-11/h4-7,16H,3,8-10H2,1-2H3. The predicted molar refractivity (Wildman–Crippen MR) is 79.6 cm³/mol. The van der Waals surface area contributed by atoms with Crippen LogP contribution in [0.2, 0.25) is 5.02 Å². The van der Waals surface area contributed by atoms with Crippen LogP contribution in [-0.4, -0.2) is 42.3 Å². The summed E-state index contributed by atoms with van der Waals surface area (Å²) >= 11 is 5.84. The molecule has 0 saturated heterocycles. The molecule has 2 rings (SSSR count). The zero-order valence-corrected chi connectivity index (χ0v) is 12.5. The van der Waals surface area contributed by atoms with Gasteiger partial charge in [0.2, 0.25) is 11.8 Å². The van der Waals surface area contributed by atoms with Gasteiger partial charge in [-0.3, -0.25) is 0 Å². The van der Waals surface area contributed by atoms with Crippen molar-refractivity contribution in [3.8, 4) is 11.5 Å². The van der Waals surface area contributed by atoms with Gasteiger partial charge in [0.15, 0.2) is 0 Å². The summed E-state index contributed by atoms with van der Waals surface area (Å²) in [6, 6.07) is 7.34. The van der Waals surface area contributed by atoms with Crippen LogP contribution >= 0.6 is 11.6 Å². The smallest absolute Gasteiger partial charge is 0.247 e. The molecule has 0 saturated carbocycles. The Morgan fingerprint density at radius 1 is 1.20 bits per heavy atom. The molecular formula is C14H19ClN4O. The van der Waals surface area contributed by atoms with Gasteiger partial charge in [-0.05, 0) is 57.9 Å². The number of hydrogen-bond acceptors (Lipinski definition) is 5. The summed E-state index contributed by atoms with van der Waals surface area (Å²) in [7, 11) is 4.13. The topological polar surface area (TPSA) is 54.2 Å². The highest BCUT2D eigenvalue weighted by atomic mass is 35.5. The summed E-state index contributed by atoms with van der Waals surface area (Å²) in [4.78, 5) is 2.16. The highest BCUT2D eigenvalue weighted by Gasteiger charge is 2.07. The van der Waals surface area contributed by atoms with E-state index >= 15 is 0 Å². The van der Waals surface area contributed by atoms with E-state index in [1.165, 1.54) is 0 Å².